The summed E-state index contributed by atoms with van der Waals surface area (Å²) in [6.45, 7) is 2.78. The molecular weight excluding hydrogens is 367 g/mol. The number of anilines is 1. The molecule has 0 aliphatic heterocycles. The lowest BCUT2D eigenvalue weighted by Gasteiger charge is -2.16. The lowest BCUT2D eigenvalue weighted by Crippen LogP contribution is -2.08. The van der Waals surface area contributed by atoms with Gasteiger partial charge in [-0.05, 0) is 35.6 Å². The Kier molecular flexibility index (Phi) is 4.70. The van der Waals surface area contributed by atoms with Crippen molar-refractivity contribution in [1.82, 2.24) is 14.6 Å². The maximum atomic E-state index is 6.29. The van der Waals surface area contributed by atoms with Crippen LogP contribution in [0.15, 0.2) is 54.8 Å². The van der Waals surface area contributed by atoms with Crippen molar-refractivity contribution in [1.29, 1.82) is 0 Å². The summed E-state index contributed by atoms with van der Waals surface area (Å²) in [6.07, 6.45) is 9.19. The van der Waals surface area contributed by atoms with Gasteiger partial charge < -0.3 is 5.32 Å². The molecule has 4 nitrogen and oxygen atoms in total. The van der Waals surface area contributed by atoms with Crippen molar-refractivity contribution in [2.45, 2.75) is 19.9 Å². The Labute approximate surface area is 162 Å². The van der Waals surface area contributed by atoms with Crippen molar-refractivity contribution < 1.29 is 0 Å². The van der Waals surface area contributed by atoms with Crippen molar-refractivity contribution >= 4 is 40.2 Å². The molecule has 0 fully saturated rings. The van der Waals surface area contributed by atoms with E-state index in [-0.39, 0.29) is 0 Å². The molecule has 2 aromatic heterocycles. The van der Waals surface area contributed by atoms with Gasteiger partial charge in [-0.1, -0.05) is 54.4 Å². The van der Waals surface area contributed by atoms with E-state index in [1.165, 1.54) is 5.57 Å². The summed E-state index contributed by atoms with van der Waals surface area (Å²) in [4.78, 5) is 4.75. The molecule has 6 heteroatoms. The highest BCUT2D eigenvalue weighted by atomic mass is 35.5. The Hall–Kier alpha value is -2.30. The Balaban J connectivity index is 1.66. The molecule has 0 saturated heterocycles. The molecule has 0 spiro atoms. The number of rotatable bonds is 4. The first-order chi connectivity index (χ1) is 12.6. The number of nitrogens with one attached hydrogen (secondary N) is 1. The standard InChI is InChI=1S/C20H18Cl2N4/c1-13-3-2-4-14(9-13)18-11-20(26-19(25-18)7-8-24-26)23-12-15-5-6-16(21)10-17(15)22/h2-8,10-11,13,23H,9,12H2,1H3. The molecule has 1 aliphatic carbocycles. The maximum Gasteiger partial charge on any atom is 0.157 e. The predicted molar refractivity (Wildman–Crippen MR) is 108 cm³/mol. The highest BCUT2D eigenvalue weighted by Gasteiger charge is 2.14. The summed E-state index contributed by atoms with van der Waals surface area (Å²) in [5.41, 5.74) is 3.99. The molecule has 0 amide bonds. The first-order valence-corrected chi connectivity index (χ1v) is 9.26. The zero-order valence-corrected chi connectivity index (χ0v) is 15.8. The Morgan fingerprint density at radius 3 is 2.92 bits per heavy atom. The Bertz CT molecular complexity index is 1020. The molecule has 0 radical (unpaired) electrons. The first kappa shape index (κ1) is 17.1. The van der Waals surface area contributed by atoms with Crippen LogP contribution in [-0.4, -0.2) is 14.6 Å². The molecule has 1 aliphatic rings. The summed E-state index contributed by atoms with van der Waals surface area (Å²) in [7, 11) is 0. The normalized spacial score (nSPS) is 16.7. The van der Waals surface area contributed by atoms with Crippen LogP contribution in [0, 0.1) is 5.92 Å². The summed E-state index contributed by atoms with van der Waals surface area (Å²) < 4.78 is 1.80. The van der Waals surface area contributed by atoms with Crippen molar-refractivity contribution in [2.75, 3.05) is 5.32 Å². The van der Waals surface area contributed by atoms with Gasteiger partial charge in [0, 0.05) is 28.7 Å². The highest BCUT2D eigenvalue weighted by molar-refractivity contribution is 6.35. The molecule has 3 aromatic rings. The largest absolute Gasteiger partial charge is 0.366 e. The molecule has 1 atom stereocenters. The molecule has 1 unspecified atom stereocenters. The smallest absolute Gasteiger partial charge is 0.157 e. The lowest BCUT2D eigenvalue weighted by molar-refractivity contribution is 0.746. The van der Waals surface area contributed by atoms with E-state index in [1.54, 1.807) is 16.8 Å². The van der Waals surface area contributed by atoms with E-state index in [2.05, 4.69) is 35.6 Å². The van der Waals surface area contributed by atoms with E-state index in [4.69, 9.17) is 28.2 Å². The van der Waals surface area contributed by atoms with Crippen LogP contribution in [-0.2, 0) is 6.54 Å². The third-order valence-electron chi connectivity index (χ3n) is 4.44. The Morgan fingerprint density at radius 1 is 1.23 bits per heavy atom. The highest BCUT2D eigenvalue weighted by Crippen LogP contribution is 2.28. The summed E-state index contributed by atoms with van der Waals surface area (Å²) in [6, 6.07) is 9.47. The fourth-order valence-electron chi connectivity index (χ4n) is 3.09. The van der Waals surface area contributed by atoms with Gasteiger partial charge in [-0.2, -0.15) is 9.61 Å². The average molecular weight is 385 g/mol. The number of benzene rings is 1. The quantitative estimate of drug-likeness (QED) is 0.633. The number of nitrogens with zero attached hydrogens (tertiary/aromatic N) is 3. The summed E-state index contributed by atoms with van der Waals surface area (Å²) in [5, 5.41) is 9.08. The number of aromatic nitrogens is 3. The molecule has 0 saturated carbocycles. The van der Waals surface area contributed by atoms with Crippen LogP contribution in [0.3, 0.4) is 0 Å². The van der Waals surface area contributed by atoms with Gasteiger partial charge in [-0.25, -0.2) is 4.98 Å². The number of hydrogen-bond acceptors (Lipinski definition) is 3. The van der Waals surface area contributed by atoms with Crippen molar-refractivity contribution in [2.24, 2.45) is 5.92 Å². The average Bonchev–Trinajstić information content (AvgIpc) is 3.09. The van der Waals surface area contributed by atoms with Gasteiger partial charge >= 0.3 is 0 Å². The fraction of sp³-hybridized carbons (Fsp3) is 0.200. The predicted octanol–water partition coefficient (Wildman–Crippen LogP) is 5.63. The van der Waals surface area contributed by atoms with E-state index >= 15 is 0 Å². The monoisotopic (exact) mass is 384 g/mol. The van der Waals surface area contributed by atoms with Gasteiger partial charge in [0.1, 0.15) is 5.82 Å². The minimum atomic E-state index is 0.516. The van der Waals surface area contributed by atoms with Gasteiger partial charge in [0.15, 0.2) is 5.65 Å². The minimum Gasteiger partial charge on any atom is -0.366 e. The molecule has 0 bridgehead atoms. The van der Waals surface area contributed by atoms with Crippen LogP contribution in [0.25, 0.3) is 11.2 Å². The number of hydrogen-bond donors (Lipinski definition) is 1. The van der Waals surface area contributed by atoms with Gasteiger partial charge in [0.05, 0.1) is 11.9 Å². The van der Waals surface area contributed by atoms with Gasteiger partial charge in [-0.3, -0.25) is 0 Å². The second-order valence-electron chi connectivity index (χ2n) is 6.48. The number of halogens is 2. The minimum absolute atomic E-state index is 0.516. The molecular formula is C20H18Cl2N4. The van der Waals surface area contributed by atoms with Crippen molar-refractivity contribution in [3.8, 4) is 0 Å². The van der Waals surface area contributed by atoms with E-state index in [1.807, 2.05) is 24.3 Å². The third kappa shape index (κ3) is 3.48. The molecule has 132 valence electrons. The summed E-state index contributed by atoms with van der Waals surface area (Å²) in [5.74, 6) is 1.39. The number of allylic oxidation sites excluding steroid dienone is 4. The van der Waals surface area contributed by atoms with E-state index in [9.17, 15) is 0 Å². The van der Waals surface area contributed by atoms with Crippen LogP contribution in [0.2, 0.25) is 10.0 Å². The lowest BCUT2D eigenvalue weighted by atomic mass is 9.94. The van der Waals surface area contributed by atoms with Gasteiger partial charge in [0.25, 0.3) is 0 Å². The van der Waals surface area contributed by atoms with Crippen LogP contribution in [0.1, 0.15) is 24.6 Å². The zero-order chi connectivity index (χ0) is 18.1. The fourth-order valence-corrected chi connectivity index (χ4v) is 3.56. The van der Waals surface area contributed by atoms with Gasteiger partial charge in [0.2, 0.25) is 0 Å². The van der Waals surface area contributed by atoms with E-state index in [0.29, 0.717) is 22.5 Å². The van der Waals surface area contributed by atoms with Crippen LogP contribution < -0.4 is 5.32 Å². The van der Waals surface area contributed by atoms with Crippen LogP contribution >= 0.6 is 23.2 Å². The van der Waals surface area contributed by atoms with Crippen LogP contribution in [0.5, 0.6) is 0 Å². The second kappa shape index (κ2) is 7.14. The number of fused-ring (bicyclic) bond motifs is 1. The molecule has 26 heavy (non-hydrogen) atoms. The zero-order valence-electron chi connectivity index (χ0n) is 14.3. The van der Waals surface area contributed by atoms with Crippen molar-refractivity contribution in [3.05, 3.63) is 76.1 Å². The Morgan fingerprint density at radius 2 is 2.12 bits per heavy atom. The molecule has 4 rings (SSSR count). The second-order valence-corrected chi connectivity index (χ2v) is 7.32. The molecule has 2 heterocycles. The van der Waals surface area contributed by atoms with Crippen LogP contribution in [0.4, 0.5) is 5.82 Å². The topological polar surface area (TPSA) is 42.2 Å². The first-order valence-electron chi connectivity index (χ1n) is 8.50. The van der Waals surface area contributed by atoms with Crippen molar-refractivity contribution in [3.63, 3.8) is 0 Å². The van der Waals surface area contributed by atoms with E-state index < -0.39 is 0 Å². The summed E-state index contributed by atoms with van der Waals surface area (Å²) >= 11 is 12.3. The SMILES string of the molecule is CC1C=CC=C(c2cc(NCc3ccc(Cl)cc3Cl)n3nccc3n2)C1. The van der Waals surface area contributed by atoms with E-state index in [0.717, 1.165) is 29.1 Å². The maximum absolute atomic E-state index is 6.29. The van der Waals surface area contributed by atoms with Gasteiger partial charge in [-0.15, -0.1) is 0 Å². The molecule has 1 aromatic carbocycles. The third-order valence-corrected chi connectivity index (χ3v) is 5.03. The molecule has 1 N–H and O–H groups in total.